The van der Waals surface area contributed by atoms with E-state index in [0.29, 0.717) is 23.0 Å². The summed E-state index contributed by atoms with van der Waals surface area (Å²) < 4.78 is 5.99. The number of methoxy groups -OCH3 is 1. The lowest BCUT2D eigenvalue weighted by Crippen LogP contribution is -2.53. The Balaban J connectivity index is 2.08. The third-order valence-electron chi connectivity index (χ3n) is 5.59. The summed E-state index contributed by atoms with van der Waals surface area (Å²) in [6.45, 7) is 0.364. The molecule has 0 spiro atoms. The summed E-state index contributed by atoms with van der Waals surface area (Å²) in [6, 6.07) is 4.59. The van der Waals surface area contributed by atoms with Gasteiger partial charge in [0.15, 0.2) is 0 Å². The first-order valence-electron chi connectivity index (χ1n) is 8.90. The van der Waals surface area contributed by atoms with Crippen LogP contribution >= 0.6 is 0 Å². The number of aromatic nitrogens is 2. The molecule has 1 aliphatic rings. The number of carbonyl (C=O) groups is 1. The maximum absolute atomic E-state index is 12.9. The van der Waals surface area contributed by atoms with Gasteiger partial charge in [-0.3, -0.25) is 9.36 Å². The average molecular weight is 359 g/mol. The van der Waals surface area contributed by atoms with Crippen LogP contribution in [0.1, 0.15) is 42.5 Å². The van der Waals surface area contributed by atoms with E-state index in [1.807, 2.05) is 14.1 Å². The van der Waals surface area contributed by atoms with Gasteiger partial charge in [-0.15, -0.1) is 0 Å². The molecule has 3 rings (SSSR count). The summed E-state index contributed by atoms with van der Waals surface area (Å²) >= 11 is 0. The number of rotatable bonds is 4. The molecular weight excluding hydrogens is 334 g/mol. The number of fused-ring (bicyclic) bond motifs is 1. The molecule has 26 heavy (non-hydrogen) atoms. The van der Waals surface area contributed by atoms with Crippen LogP contribution in [0.3, 0.4) is 0 Å². The third kappa shape index (κ3) is 3.19. The van der Waals surface area contributed by atoms with Crippen molar-refractivity contribution in [3.05, 3.63) is 44.6 Å². The highest BCUT2D eigenvalue weighted by Crippen LogP contribution is 2.33. The number of likely N-dealkylation sites (N-methyl/N-ethyl adjacent to an activating group) is 1. The Morgan fingerprint density at radius 2 is 1.92 bits per heavy atom. The largest absolute Gasteiger partial charge is 0.465 e. The highest BCUT2D eigenvalue weighted by molar-refractivity contribution is 5.93. The molecule has 7 nitrogen and oxygen atoms in total. The van der Waals surface area contributed by atoms with Crippen molar-refractivity contribution in [2.24, 2.45) is 0 Å². The molecule has 0 unspecified atom stereocenters. The lowest BCUT2D eigenvalue weighted by atomic mass is 9.80. The van der Waals surface area contributed by atoms with Gasteiger partial charge in [0.1, 0.15) is 0 Å². The minimum Gasteiger partial charge on any atom is -0.465 e. The average Bonchev–Trinajstić information content (AvgIpc) is 2.64. The molecule has 1 fully saturated rings. The zero-order chi connectivity index (χ0) is 18.9. The lowest BCUT2D eigenvalue weighted by Gasteiger charge is -2.43. The van der Waals surface area contributed by atoms with Gasteiger partial charge in [0, 0.05) is 12.1 Å². The van der Waals surface area contributed by atoms with Crippen LogP contribution in [-0.2, 0) is 11.3 Å². The molecule has 2 aromatic rings. The number of hydrogen-bond donors (Lipinski definition) is 1. The first-order valence-corrected chi connectivity index (χ1v) is 8.90. The van der Waals surface area contributed by atoms with E-state index in [4.69, 9.17) is 0 Å². The van der Waals surface area contributed by atoms with E-state index in [-0.39, 0.29) is 11.1 Å². The zero-order valence-corrected chi connectivity index (χ0v) is 15.5. The van der Waals surface area contributed by atoms with Gasteiger partial charge in [0.05, 0.1) is 23.6 Å². The van der Waals surface area contributed by atoms with Crippen LogP contribution in [-0.4, -0.2) is 47.2 Å². The van der Waals surface area contributed by atoms with Crippen molar-refractivity contribution in [3.8, 4) is 0 Å². The van der Waals surface area contributed by atoms with Crippen molar-refractivity contribution in [1.82, 2.24) is 14.5 Å². The van der Waals surface area contributed by atoms with Gasteiger partial charge in [0.25, 0.3) is 5.56 Å². The molecule has 1 aliphatic carbocycles. The van der Waals surface area contributed by atoms with Crippen molar-refractivity contribution in [2.75, 3.05) is 21.2 Å². The zero-order valence-electron chi connectivity index (χ0n) is 15.5. The SMILES string of the molecule is COC(=O)c1ccc2c(=O)n(CC3(N(C)C)CCCCC3)c(=O)[nH]c2c1. The minimum absolute atomic E-state index is 0.186. The van der Waals surface area contributed by atoms with Gasteiger partial charge in [-0.05, 0) is 45.1 Å². The second-order valence-corrected chi connectivity index (χ2v) is 7.25. The second-order valence-electron chi connectivity index (χ2n) is 7.25. The van der Waals surface area contributed by atoms with Crippen molar-refractivity contribution in [1.29, 1.82) is 0 Å². The summed E-state index contributed by atoms with van der Waals surface area (Å²) in [6.07, 6.45) is 5.31. The predicted octanol–water partition coefficient (Wildman–Crippen LogP) is 1.74. The number of nitrogens with zero attached hydrogens (tertiary/aromatic N) is 2. The normalized spacial score (nSPS) is 16.8. The Kier molecular flexibility index (Phi) is 5.00. The van der Waals surface area contributed by atoms with Crippen LogP contribution in [0.15, 0.2) is 27.8 Å². The number of carbonyl (C=O) groups excluding carboxylic acids is 1. The maximum atomic E-state index is 12.9. The monoisotopic (exact) mass is 359 g/mol. The number of aromatic amines is 1. The third-order valence-corrected chi connectivity index (χ3v) is 5.59. The Morgan fingerprint density at radius 3 is 2.54 bits per heavy atom. The second kappa shape index (κ2) is 7.07. The Labute approximate surface area is 151 Å². The Bertz CT molecular complexity index is 936. The van der Waals surface area contributed by atoms with E-state index in [1.54, 1.807) is 12.1 Å². The number of ether oxygens (including phenoxy) is 1. The molecule has 140 valence electrons. The van der Waals surface area contributed by atoms with Gasteiger partial charge in [-0.1, -0.05) is 19.3 Å². The van der Waals surface area contributed by atoms with Gasteiger partial charge < -0.3 is 14.6 Å². The van der Waals surface area contributed by atoms with Crippen LogP contribution in [0.5, 0.6) is 0 Å². The summed E-state index contributed by atoms with van der Waals surface area (Å²) in [5, 5.41) is 0.391. The molecule has 1 N–H and O–H groups in total. The first kappa shape index (κ1) is 18.4. The van der Waals surface area contributed by atoms with Crippen molar-refractivity contribution in [3.63, 3.8) is 0 Å². The first-order chi connectivity index (χ1) is 12.4. The quantitative estimate of drug-likeness (QED) is 0.841. The van der Waals surface area contributed by atoms with E-state index in [1.165, 1.54) is 24.2 Å². The molecule has 1 aromatic carbocycles. The summed E-state index contributed by atoms with van der Waals surface area (Å²) in [4.78, 5) is 42.1. The highest BCUT2D eigenvalue weighted by atomic mass is 16.5. The van der Waals surface area contributed by atoms with Crippen LogP contribution in [0.2, 0.25) is 0 Å². The fourth-order valence-electron chi connectivity index (χ4n) is 3.89. The van der Waals surface area contributed by atoms with E-state index < -0.39 is 11.7 Å². The van der Waals surface area contributed by atoms with Gasteiger partial charge >= 0.3 is 11.7 Å². The standard InChI is InChI=1S/C19H25N3O4/c1-21(2)19(9-5-4-6-10-19)12-22-16(23)14-8-7-13(17(24)26-3)11-15(14)20-18(22)25/h7-8,11H,4-6,9-10,12H2,1-3H3,(H,20,25). The number of esters is 1. The van der Waals surface area contributed by atoms with Crippen LogP contribution in [0, 0.1) is 0 Å². The molecular formula is C19H25N3O4. The maximum Gasteiger partial charge on any atom is 0.337 e. The summed E-state index contributed by atoms with van der Waals surface area (Å²) in [5.74, 6) is -0.509. The molecule has 0 aliphatic heterocycles. The predicted molar refractivity (Wildman–Crippen MR) is 99.7 cm³/mol. The Morgan fingerprint density at radius 1 is 1.23 bits per heavy atom. The Hall–Kier alpha value is -2.41. The van der Waals surface area contributed by atoms with Crippen molar-refractivity contribution < 1.29 is 9.53 Å². The smallest absolute Gasteiger partial charge is 0.337 e. The van der Waals surface area contributed by atoms with Gasteiger partial charge in [-0.2, -0.15) is 0 Å². The van der Waals surface area contributed by atoms with E-state index in [0.717, 1.165) is 25.7 Å². The van der Waals surface area contributed by atoms with Gasteiger partial charge in [0.2, 0.25) is 0 Å². The van der Waals surface area contributed by atoms with Crippen molar-refractivity contribution >= 4 is 16.9 Å². The molecule has 0 radical (unpaired) electrons. The topological polar surface area (TPSA) is 84.4 Å². The fourth-order valence-corrected chi connectivity index (χ4v) is 3.89. The number of hydrogen-bond acceptors (Lipinski definition) is 5. The summed E-state index contributed by atoms with van der Waals surface area (Å²) in [5.41, 5.74) is -0.316. The molecule has 1 saturated carbocycles. The molecule has 7 heteroatoms. The van der Waals surface area contributed by atoms with Gasteiger partial charge in [-0.25, -0.2) is 9.59 Å². The number of benzene rings is 1. The summed E-state index contributed by atoms with van der Waals surface area (Å²) in [7, 11) is 5.31. The molecule has 0 bridgehead atoms. The van der Waals surface area contributed by atoms with Crippen LogP contribution in [0.4, 0.5) is 0 Å². The van der Waals surface area contributed by atoms with E-state index >= 15 is 0 Å². The number of H-pyrrole nitrogens is 1. The fraction of sp³-hybridized carbons (Fsp3) is 0.526. The highest BCUT2D eigenvalue weighted by Gasteiger charge is 2.35. The van der Waals surface area contributed by atoms with Crippen LogP contribution in [0.25, 0.3) is 10.9 Å². The lowest BCUT2D eigenvalue weighted by molar-refractivity contribution is 0.0601. The molecule has 1 heterocycles. The van der Waals surface area contributed by atoms with Crippen molar-refractivity contribution in [2.45, 2.75) is 44.2 Å². The number of nitrogens with one attached hydrogen (secondary N) is 1. The van der Waals surface area contributed by atoms with E-state index in [9.17, 15) is 14.4 Å². The molecule has 0 saturated heterocycles. The molecule has 1 aromatic heterocycles. The molecule has 0 atom stereocenters. The molecule has 0 amide bonds. The minimum atomic E-state index is -0.509. The van der Waals surface area contributed by atoms with Crippen LogP contribution < -0.4 is 11.2 Å². The van der Waals surface area contributed by atoms with E-state index in [2.05, 4.69) is 14.6 Å².